The molecule has 0 saturated carbocycles. The van der Waals surface area contributed by atoms with Crippen LogP contribution >= 0.6 is 46.6 Å². The van der Waals surface area contributed by atoms with Gasteiger partial charge in [-0.1, -0.05) is 5.16 Å². The standard InChI is InChI=1S/C20H23N7O5S4/c1-27(20-22-3-4-33-20)5-9(6-27)36-11-8-34-17-13(16(29)26(17)14(11)18(30)31)24-15(28)12(25-32-2)10-7-35-19(21)23-10/h7,9,13,17H,3-6,8H2,1-2H3,(H3-,21,23,24,28,30,31)/b25-12-/t9?,13-,17-,27?/m1/s1. The number of likely N-dealkylation sites (tertiary alicyclic amines) is 1. The van der Waals surface area contributed by atoms with Gasteiger partial charge >= 0.3 is 0 Å². The molecule has 0 aromatic carbocycles. The lowest BCUT2D eigenvalue weighted by atomic mass is 10.0. The summed E-state index contributed by atoms with van der Waals surface area (Å²) in [6.45, 7) is 2.54. The second-order valence-electron chi connectivity index (χ2n) is 8.63. The molecule has 1 aromatic heterocycles. The summed E-state index contributed by atoms with van der Waals surface area (Å²) in [5, 5.41) is 21.1. The van der Waals surface area contributed by atoms with Crippen LogP contribution in [-0.4, -0.2) is 105 Å². The van der Waals surface area contributed by atoms with Crippen molar-refractivity contribution in [2.75, 3.05) is 51.0 Å². The summed E-state index contributed by atoms with van der Waals surface area (Å²) in [4.78, 5) is 53.2. The van der Waals surface area contributed by atoms with E-state index in [0.717, 1.165) is 46.4 Å². The van der Waals surface area contributed by atoms with Gasteiger partial charge in [0.15, 0.2) is 10.8 Å². The summed E-state index contributed by atoms with van der Waals surface area (Å²) >= 11 is 5.82. The van der Waals surface area contributed by atoms with Crippen LogP contribution < -0.4 is 16.2 Å². The highest BCUT2D eigenvalue weighted by molar-refractivity contribution is 8.13. The Bertz CT molecular complexity index is 1210. The topological polar surface area (TPSA) is 162 Å². The van der Waals surface area contributed by atoms with E-state index in [1.807, 2.05) is 0 Å². The van der Waals surface area contributed by atoms with Gasteiger partial charge in [0.05, 0.1) is 25.3 Å². The monoisotopic (exact) mass is 569 g/mol. The molecule has 4 aliphatic rings. The molecule has 2 amide bonds. The molecule has 0 spiro atoms. The van der Waals surface area contributed by atoms with E-state index in [1.165, 1.54) is 35.5 Å². The fourth-order valence-corrected chi connectivity index (χ4v) is 9.23. The maximum absolute atomic E-state index is 13.0. The van der Waals surface area contributed by atoms with Gasteiger partial charge in [-0.2, -0.15) is 0 Å². The number of nitrogens with zero attached hydrogens (tertiary/aromatic N) is 5. The van der Waals surface area contributed by atoms with E-state index in [1.54, 1.807) is 17.1 Å². The normalized spacial score (nSPS) is 29.8. The number of quaternary nitrogens is 1. The third kappa shape index (κ3) is 4.49. The molecule has 0 unspecified atom stereocenters. The third-order valence-corrected chi connectivity index (χ3v) is 10.7. The van der Waals surface area contributed by atoms with Crippen molar-refractivity contribution in [3.05, 3.63) is 21.7 Å². The summed E-state index contributed by atoms with van der Waals surface area (Å²) in [6, 6.07) is -0.914. The first-order valence-corrected chi connectivity index (χ1v) is 14.7. The molecule has 5 heterocycles. The number of nitrogens with two attached hydrogens (primary N) is 1. The van der Waals surface area contributed by atoms with E-state index in [4.69, 9.17) is 10.6 Å². The van der Waals surface area contributed by atoms with Crippen molar-refractivity contribution in [2.24, 2.45) is 10.1 Å². The molecule has 192 valence electrons. The number of amidine groups is 1. The SMILES string of the molecule is CO/N=C(\C(=O)N[C@@H]1C(=O)N2C(C(=O)[O-])=C(SC3C[N+](C)(C4=NCCS4)C3)CS[C@H]12)c1csc(N)n1. The molecular formula is C20H23N7O5S4. The predicted octanol–water partition coefficient (Wildman–Crippen LogP) is -0.898. The number of hydrogen-bond donors (Lipinski definition) is 2. The number of fused-ring (bicyclic) bond motifs is 1. The van der Waals surface area contributed by atoms with Gasteiger partial charge < -0.3 is 25.8 Å². The molecule has 36 heavy (non-hydrogen) atoms. The highest BCUT2D eigenvalue weighted by Crippen LogP contribution is 2.46. The lowest BCUT2D eigenvalue weighted by molar-refractivity contribution is -0.855. The maximum Gasteiger partial charge on any atom is 0.276 e. The molecule has 2 saturated heterocycles. The summed E-state index contributed by atoms with van der Waals surface area (Å²) < 4.78 is 0.763. The minimum Gasteiger partial charge on any atom is -0.543 e. The van der Waals surface area contributed by atoms with Gasteiger partial charge in [-0.05, 0) is 11.8 Å². The fraction of sp³-hybridized carbons (Fsp3) is 0.500. The van der Waals surface area contributed by atoms with Crippen LogP contribution in [-0.2, 0) is 19.2 Å². The smallest absolute Gasteiger partial charge is 0.276 e. The number of nitrogens with one attached hydrogen (secondary N) is 1. The van der Waals surface area contributed by atoms with Crippen LogP contribution in [0.2, 0.25) is 0 Å². The quantitative estimate of drug-likeness (QED) is 0.182. The second-order valence-corrected chi connectivity index (χ2v) is 13.1. The number of oxime groups is 1. The van der Waals surface area contributed by atoms with E-state index in [9.17, 15) is 19.5 Å². The van der Waals surface area contributed by atoms with E-state index in [2.05, 4.69) is 27.5 Å². The number of thiazole rings is 1. The molecule has 2 fully saturated rings. The maximum atomic E-state index is 13.0. The highest BCUT2D eigenvalue weighted by Gasteiger charge is 2.54. The first-order chi connectivity index (χ1) is 17.2. The van der Waals surface area contributed by atoms with E-state index in [-0.39, 0.29) is 27.5 Å². The molecule has 0 aliphatic carbocycles. The van der Waals surface area contributed by atoms with Crippen LogP contribution in [0.4, 0.5) is 5.13 Å². The molecule has 2 atom stereocenters. The van der Waals surface area contributed by atoms with Crippen LogP contribution in [0.15, 0.2) is 26.1 Å². The average Bonchev–Trinajstić information content (AvgIpc) is 3.51. The number of anilines is 1. The second kappa shape index (κ2) is 9.89. The Kier molecular flexibility index (Phi) is 6.97. The number of carboxylic acid groups (broad SMARTS) is 1. The van der Waals surface area contributed by atoms with Crippen molar-refractivity contribution >= 4 is 80.4 Å². The molecule has 12 nitrogen and oxygen atoms in total. The minimum absolute atomic E-state index is 0.106. The number of hydrogen-bond acceptors (Lipinski definition) is 13. The first kappa shape index (κ1) is 25.4. The van der Waals surface area contributed by atoms with Crippen molar-refractivity contribution < 1.29 is 28.8 Å². The number of β-lactam (4-membered cyclic amide) rings is 1. The molecule has 5 rings (SSSR count). The Morgan fingerprint density at radius 2 is 2.19 bits per heavy atom. The molecule has 0 bridgehead atoms. The number of rotatable bonds is 7. The van der Waals surface area contributed by atoms with Crippen molar-refractivity contribution in [1.82, 2.24) is 15.2 Å². The third-order valence-electron chi connectivity index (χ3n) is 6.13. The summed E-state index contributed by atoms with van der Waals surface area (Å²) in [5.41, 5.74) is 5.64. The van der Waals surface area contributed by atoms with Gasteiger partial charge in [-0.25, -0.2) is 9.98 Å². The van der Waals surface area contributed by atoms with Crippen LogP contribution in [0.25, 0.3) is 0 Å². The largest absolute Gasteiger partial charge is 0.543 e. The van der Waals surface area contributed by atoms with Gasteiger partial charge in [-0.15, -0.1) is 34.9 Å². The van der Waals surface area contributed by atoms with Crippen molar-refractivity contribution in [2.45, 2.75) is 16.7 Å². The van der Waals surface area contributed by atoms with Gasteiger partial charge in [0, 0.05) is 21.8 Å². The van der Waals surface area contributed by atoms with Crippen LogP contribution in [0.3, 0.4) is 0 Å². The zero-order chi connectivity index (χ0) is 25.6. The lowest BCUT2D eigenvalue weighted by Crippen LogP contribution is -2.71. The zero-order valence-corrected chi connectivity index (χ0v) is 22.6. The van der Waals surface area contributed by atoms with Gasteiger partial charge in [0.25, 0.3) is 17.0 Å². The highest BCUT2D eigenvalue weighted by atomic mass is 32.2. The van der Waals surface area contributed by atoms with E-state index in [0.29, 0.717) is 10.7 Å². The van der Waals surface area contributed by atoms with Gasteiger partial charge in [0.2, 0.25) is 0 Å². The summed E-state index contributed by atoms with van der Waals surface area (Å²) in [7, 11) is 3.43. The zero-order valence-electron chi connectivity index (χ0n) is 19.3. The number of aliphatic imine (C=N–C) groups is 1. The number of amides is 2. The molecule has 3 N–H and O–H groups in total. The molecular weight excluding hydrogens is 547 g/mol. The van der Waals surface area contributed by atoms with Crippen molar-refractivity contribution in [3.63, 3.8) is 0 Å². The number of thioether (sulfide) groups is 3. The Hall–Kier alpha value is -2.27. The Morgan fingerprint density at radius 3 is 2.81 bits per heavy atom. The fourth-order valence-electron chi connectivity index (χ4n) is 4.50. The van der Waals surface area contributed by atoms with Crippen LogP contribution in [0, 0.1) is 0 Å². The number of carbonyl (C=O) groups is 3. The first-order valence-electron chi connectivity index (χ1n) is 10.9. The number of aromatic nitrogens is 1. The average molecular weight is 570 g/mol. The summed E-state index contributed by atoms with van der Waals surface area (Å²) in [5.74, 6) is -1.16. The van der Waals surface area contributed by atoms with Gasteiger partial charge in [0.1, 0.15) is 42.6 Å². The predicted molar refractivity (Wildman–Crippen MR) is 139 cm³/mol. The molecule has 16 heteroatoms. The van der Waals surface area contributed by atoms with Crippen molar-refractivity contribution in [3.8, 4) is 0 Å². The summed E-state index contributed by atoms with van der Waals surface area (Å²) in [6.07, 6.45) is 0. The Morgan fingerprint density at radius 1 is 1.42 bits per heavy atom. The van der Waals surface area contributed by atoms with E-state index < -0.39 is 29.2 Å². The number of aliphatic carboxylic acids is 1. The van der Waals surface area contributed by atoms with Crippen LogP contribution in [0.5, 0.6) is 0 Å². The number of carbonyl (C=O) groups excluding carboxylic acids is 3. The number of carboxylic acids is 1. The Labute approximate surface area is 223 Å². The van der Waals surface area contributed by atoms with Crippen molar-refractivity contribution in [1.29, 1.82) is 0 Å². The minimum atomic E-state index is -1.40. The van der Waals surface area contributed by atoms with Gasteiger partial charge in [-0.3, -0.25) is 19.0 Å². The number of nitrogen functional groups attached to an aromatic ring is 1. The Balaban J connectivity index is 1.27. The lowest BCUT2D eigenvalue weighted by Gasteiger charge is -2.51. The van der Waals surface area contributed by atoms with E-state index >= 15 is 0 Å². The molecule has 0 radical (unpaired) electrons. The molecule has 4 aliphatic heterocycles. The van der Waals surface area contributed by atoms with Crippen LogP contribution in [0.1, 0.15) is 5.69 Å². The molecule has 1 aromatic rings.